The van der Waals surface area contributed by atoms with Crippen LogP contribution in [0.3, 0.4) is 0 Å². The van der Waals surface area contributed by atoms with Crippen LogP contribution in [0.5, 0.6) is 11.5 Å². The van der Waals surface area contributed by atoms with E-state index in [1.807, 2.05) is 0 Å². The monoisotopic (exact) mass is 458 g/mol. The lowest BCUT2D eigenvalue weighted by Crippen LogP contribution is -2.20. The molecule has 164 valence electrons. The highest BCUT2D eigenvalue weighted by molar-refractivity contribution is 7.80. The average molecular weight is 458 g/mol. The zero-order valence-electron chi connectivity index (χ0n) is 16.1. The quantitative estimate of drug-likeness (QED) is 0.246. The molecule has 0 saturated heterocycles. The molecule has 0 bridgehead atoms. The van der Waals surface area contributed by atoms with Crippen molar-refractivity contribution in [3.8, 4) is 11.5 Å². The van der Waals surface area contributed by atoms with E-state index < -0.39 is 41.2 Å². The molecule has 0 unspecified atom stereocenters. The summed E-state index contributed by atoms with van der Waals surface area (Å²) in [5.41, 5.74) is -0.506. The van der Waals surface area contributed by atoms with Gasteiger partial charge in [-0.1, -0.05) is 0 Å². The average Bonchev–Trinajstić information content (AvgIpc) is 3.20. The van der Waals surface area contributed by atoms with Crippen LogP contribution in [0.25, 0.3) is 0 Å². The lowest BCUT2D eigenvalue weighted by atomic mass is 10.1. The van der Waals surface area contributed by atoms with Crippen molar-refractivity contribution in [1.29, 1.82) is 0 Å². The van der Waals surface area contributed by atoms with E-state index in [1.54, 1.807) is 18.2 Å². The molecule has 0 saturated carbocycles. The third-order valence-electron chi connectivity index (χ3n) is 4.16. The highest BCUT2D eigenvalue weighted by Gasteiger charge is 2.25. The zero-order chi connectivity index (χ0) is 22.7. The Hall–Kier alpha value is -3.41. The second-order valence-electron chi connectivity index (χ2n) is 6.09. The van der Waals surface area contributed by atoms with Crippen molar-refractivity contribution in [2.75, 3.05) is 24.9 Å². The number of anilines is 2. The predicted octanol–water partition coefficient (Wildman–Crippen LogP) is 4.45. The van der Waals surface area contributed by atoms with Crippen molar-refractivity contribution in [2.24, 2.45) is 0 Å². The van der Waals surface area contributed by atoms with Gasteiger partial charge in [0.2, 0.25) is 5.82 Å². The fourth-order valence-electron chi connectivity index (χ4n) is 2.65. The van der Waals surface area contributed by atoms with E-state index in [2.05, 4.69) is 15.7 Å². The molecule has 0 aliphatic heterocycles. The molecule has 3 aromatic rings. The van der Waals surface area contributed by atoms with Gasteiger partial charge in [0, 0.05) is 18.3 Å². The summed E-state index contributed by atoms with van der Waals surface area (Å²) in [5, 5.41) is 9.71. The van der Waals surface area contributed by atoms with Crippen molar-refractivity contribution in [2.45, 2.75) is 6.54 Å². The summed E-state index contributed by atoms with van der Waals surface area (Å²) in [5.74, 6) is -8.87. The molecule has 6 nitrogen and oxygen atoms in total. The summed E-state index contributed by atoms with van der Waals surface area (Å²) in [6.45, 7) is -0.683. The standard InChI is InChI=1S/C19H15F5N4O2S/c1-29-9-3-4-12(30-2)11(7-9)25-19(31)26-13-5-6-28(27-13)8-10-14(20)16(22)18(24)17(23)15(10)21/h3-7H,8H2,1-2H3,(H2,25,26,27,31). The van der Waals surface area contributed by atoms with E-state index in [1.165, 1.54) is 26.5 Å². The predicted molar refractivity (Wildman–Crippen MR) is 107 cm³/mol. The summed E-state index contributed by atoms with van der Waals surface area (Å²) in [4.78, 5) is 0. The summed E-state index contributed by atoms with van der Waals surface area (Å²) >= 11 is 5.21. The smallest absolute Gasteiger partial charge is 0.200 e. The Labute approximate surface area is 178 Å². The first kappa shape index (κ1) is 22.3. The number of rotatable bonds is 6. The Kier molecular flexibility index (Phi) is 6.59. The van der Waals surface area contributed by atoms with Gasteiger partial charge in [-0.15, -0.1) is 0 Å². The molecule has 1 heterocycles. The number of ether oxygens (including phenoxy) is 2. The molecule has 1 aromatic heterocycles. The van der Waals surface area contributed by atoms with Gasteiger partial charge < -0.3 is 20.1 Å². The van der Waals surface area contributed by atoms with Gasteiger partial charge in [0.25, 0.3) is 0 Å². The van der Waals surface area contributed by atoms with Crippen molar-refractivity contribution >= 4 is 28.8 Å². The number of nitrogens with zero attached hydrogens (tertiary/aromatic N) is 2. The number of halogens is 5. The van der Waals surface area contributed by atoms with Gasteiger partial charge in [-0.3, -0.25) is 4.68 Å². The van der Waals surface area contributed by atoms with Gasteiger partial charge in [0.05, 0.1) is 32.0 Å². The van der Waals surface area contributed by atoms with E-state index in [0.29, 0.717) is 17.2 Å². The van der Waals surface area contributed by atoms with Crippen LogP contribution >= 0.6 is 12.2 Å². The van der Waals surface area contributed by atoms with Gasteiger partial charge in [-0.05, 0) is 24.4 Å². The number of aromatic nitrogens is 2. The first-order chi connectivity index (χ1) is 14.7. The number of benzene rings is 2. The Bertz CT molecular complexity index is 1110. The van der Waals surface area contributed by atoms with Crippen LogP contribution in [0.1, 0.15) is 5.56 Å². The molecule has 12 heteroatoms. The van der Waals surface area contributed by atoms with Crippen LogP contribution in [-0.2, 0) is 6.54 Å². The number of nitrogens with one attached hydrogen (secondary N) is 2. The maximum absolute atomic E-state index is 13.9. The van der Waals surface area contributed by atoms with Crippen molar-refractivity contribution in [1.82, 2.24) is 9.78 Å². The normalized spacial score (nSPS) is 10.7. The van der Waals surface area contributed by atoms with Gasteiger partial charge in [0.1, 0.15) is 11.5 Å². The summed E-state index contributed by atoms with van der Waals surface area (Å²) in [6.07, 6.45) is 1.29. The van der Waals surface area contributed by atoms with E-state index in [0.717, 1.165) is 4.68 Å². The molecule has 31 heavy (non-hydrogen) atoms. The molecule has 0 spiro atoms. The molecule has 0 aliphatic rings. The maximum Gasteiger partial charge on any atom is 0.200 e. The molecule has 0 fully saturated rings. The Morgan fingerprint density at radius 1 is 0.935 bits per heavy atom. The van der Waals surface area contributed by atoms with Gasteiger partial charge >= 0.3 is 0 Å². The van der Waals surface area contributed by atoms with Gasteiger partial charge in [-0.2, -0.15) is 5.10 Å². The number of thiocarbonyl (C=S) groups is 1. The van der Waals surface area contributed by atoms with Crippen LogP contribution in [0.2, 0.25) is 0 Å². The Morgan fingerprint density at radius 2 is 1.58 bits per heavy atom. The fourth-order valence-corrected chi connectivity index (χ4v) is 2.86. The molecule has 0 aliphatic carbocycles. The number of methoxy groups -OCH3 is 2. The largest absolute Gasteiger partial charge is 0.497 e. The van der Waals surface area contributed by atoms with Gasteiger partial charge in [-0.25, -0.2) is 22.0 Å². The number of hydrogen-bond donors (Lipinski definition) is 2. The molecular weight excluding hydrogens is 443 g/mol. The third kappa shape index (κ3) is 4.68. The topological polar surface area (TPSA) is 60.3 Å². The lowest BCUT2D eigenvalue weighted by Gasteiger charge is -2.13. The van der Waals surface area contributed by atoms with Crippen LogP contribution in [-0.4, -0.2) is 29.1 Å². The lowest BCUT2D eigenvalue weighted by molar-refractivity contribution is 0.367. The third-order valence-corrected chi connectivity index (χ3v) is 4.36. The van der Waals surface area contributed by atoms with Crippen molar-refractivity contribution in [3.05, 3.63) is 65.1 Å². The van der Waals surface area contributed by atoms with E-state index in [9.17, 15) is 22.0 Å². The molecule has 0 amide bonds. The molecule has 2 N–H and O–H groups in total. The van der Waals surface area contributed by atoms with Crippen molar-refractivity contribution < 1.29 is 31.4 Å². The zero-order valence-corrected chi connectivity index (χ0v) is 16.9. The molecule has 2 aromatic carbocycles. The highest BCUT2D eigenvalue weighted by atomic mass is 32.1. The first-order valence-electron chi connectivity index (χ1n) is 8.59. The highest BCUT2D eigenvalue weighted by Crippen LogP contribution is 2.29. The second-order valence-corrected chi connectivity index (χ2v) is 6.50. The van der Waals surface area contributed by atoms with E-state index in [4.69, 9.17) is 21.7 Å². The summed E-state index contributed by atoms with van der Waals surface area (Å²) < 4.78 is 79.0. The minimum atomic E-state index is -2.22. The Morgan fingerprint density at radius 3 is 2.19 bits per heavy atom. The van der Waals surface area contributed by atoms with Crippen molar-refractivity contribution in [3.63, 3.8) is 0 Å². The van der Waals surface area contributed by atoms with Crippen LogP contribution in [0.15, 0.2) is 30.5 Å². The minimum Gasteiger partial charge on any atom is -0.497 e. The fraction of sp³-hybridized carbons (Fsp3) is 0.158. The number of hydrogen-bond acceptors (Lipinski definition) is 4. The van der Waals surface area contributed by atoms with E-state index in [-0.39, 0.29) is 10.9 Å². The summed E-state index contributed by atoms with van der Waals surface area (Å²) in [6, 6.07) is 6.42. The minimum absolute atomic E-state index is 0.105. The van der Waals surface area contributed by atoms with Crippen LogP contribution in [0.4, 0.5) is 33.5 Å². The van der Waals surface area contributed by atoms with Crippen LogP contribution < -0.4 is 20.1 Å². The van der Waals surface area contributed by atoms with Crippen LogP contribution in [0, 0.1) is 29.1 Å². The summed E-state index contributed by atoms with van der Waals surface area (Å²) in [7, 11) is 2.98. The SMILES string of the molecule is COc1ccc(OC)c(NC(=S)Nc2ccn(Cc3c(F)c(F)c(F)c(F)c3F)n2)c1. The second kappa shape index (κ2) is 9.16. The molecule has 3 rings (SSSR count). The first-order valence-corrected chi connectivity index (χ1v) is 8.99. The van der Waals surface area contributed by atoms with E-state index >= 15 is 0 Å². The van der Waals surface area contributed by atoms with Gasteiger partial charge in [0.15, 0.2) is 34.2 Å². The molecule has 0 radical (unpaired) electrons. The Balaban J connectivity index is 1.74. The molecular formula is C19H15F5N4O2S. The molecule has 0 atom stereocenters. The maximum atomic E-state index is 13.9.